The van der Waals surface area contributed by atoms with Gasteiger partial charge in [0.1, 0.15) is 5.75 Å². The molecule has 2 N–H and O–H groups in total. The summed E-state index contributed by atoms with van der Waals surface area (Å²) in [5.74, 6) is 0.608. The Morgan fingerprint density at radius 3 is 2.35 bits per heavy atom. The van der Waals surface area contributed by atoms with Gasteiger partial charge in [-0.2, -0.15) is 0 Å². The zero-order valence-corrected chi connectivity index (χ0v) is 24.8. The molecule has 1 aliphatic heterocycles. The van der Waals surface area contributed by atoms with Crippen LogP contribution < -0.4 is 15.4 Å². The number of para-hydroxylation sites is 1. The molecule has 218 valence electrons. The van der Waals surface area contributed by atoms with Gasteiger partial charge in [0.25, 0.3) is 0 Å². The maximum Gasteiger partial charge on any atom is 0.229 e. The molecular formula is C38H38N2O3. The first-order valence-corrected chi connectivity index (χ1v) is 15.4. The van der Waals surface area contributed by atoms with E-state index in [9.17, 15) is 9.59 Å². The zero-order valence-electron chi connectivity index (χ0n) is 24.8. The fourth-order valence-corrected chi connectivity index (χ4v) is 8.79. The Labute approximate surface area is 253 Å². The summed E-state index contributed by atoms with van der Waals surface area (Å²) in [5, 5.41) is 7.10. The molecule has 4 aromatic rings. The van der Waals surface area contributed by atoms with E-state index in [2.05, 4.69) is 71.3 Å². The quantitative estimate of drug-likeness (QED) is 0.267. The SMILES string of the molecule is COc1ccccc1CC(=O)C1NC[C@]2(C(=O)N[C@H](C)c3ccccc3)[C@@H]3CC[C@@](c4ccccc4)(c4ccccc43)[C@H]12. The maximum absolute atomic E-state index is 14.9. The van der Waals surface area contributed by atoms with Crippen LogP contribution in [0.15, 0.2) is 109 Å². The summed E-state index contributed by atoms with van der Waals surface area (Å²) < 4.78 is 5.61. The predicted molar refractivity (Wildman–Crippen MR) is 168 cm³/mol. The number of carbonyl (C=O) groups excluding carboxylic acids is 2. The normalized spacial score (nSPS) is 27.5. The lowest BCUT2D eigenvalue weighted by Crippen LogP contribution is -2.64. The number of nitrogens with one attached hydrogen (secondary N) is 2. The summed E-state index contributed by atoms with van der Waals surface area (Å²) in [5.41, 5.74) is 4.36. The Morgan fingerprint density at radius 2 is 1.58 bits per heavy atom. The van der Waals surface area contributed by atoms with Crippen LogP contribution in [0.25, 0.3) is 0 Å². The zero-order chi connectivity index (χ0) is 29.6. The Balaban J connectivity index is 1.38. The molecule has 4 aromatic carbocycles. The van der Waals surface area contributed by atoms with E-state index < -0.39 is 16.9 Å². The molecule has 0 radical (unpaired) electrons. The smallest absolute Gasteiger partial charge is 0.229 e. The van der Waals surface area contributed by atoms with E-state index in [-0.39, 0.29) is 36.0 Å². The first kappa shape index (κ1) is 27.6. The highest BCUT2D eigenvalue weighted by molar-refractivity contribution is 5.93. The number of hydrogen-bond donors (Lipinski definition) is 2. The number of methoxy groups -OCH3 is 1. The van der Waals surface area contributed by atoms with Gasteiger partial charge < -0.3 is 15.4 Å². The molecule has 6 atom stereocenters. The molecule has 0 spiro atoms. The molecule has 1 unspecified atom stereocenters. The largest absolute Gasteiger partial charge is 0.496 e. The van der Waals surface area contributed by atoms with Gasteiger partial charge in [-0.15, -0.1) is 0 Å². The van der Waals surface area contributed by atoms with Gasteiger partial charge in [0, 0.05) is 35.8 Å². The highest BCUT2D eigenvalue weighted by atomic mass is 16.5. The molecule has 4 aliphatic rings. The molecule has 2 fully saturated rings. The number of carbonyl (C=O) groups is 2. The van der Waals surface area contributed by atoms with Gasteiger partial charge in [0.2, 0.25) is 5.91 Å². The lowest BCUT2D eigenvalue weighted by atomic mass is 9.40. The molecule has 1 saturated heterocycles. The second-order valence-corrected chi connectivity index (χ2v) is 12.5. The molecule has 1 amide bonds. The number of rotatable bonds is 8. The van der Waals surface area contributed by atoms with E-state index in [0.29, 0.717) is 12.3 Å². The molecule has 3 aliphatic carbocycles. The summed E-state index contributed by atoms with van der Waals surface area (Å²) in [7, 11) is 1.64. The maximum atomic E-state index is 14.9. The van der Waals surface area contributed by atoms with E-state index in [1.165, 1.54) is 16.7 Å². The molecule has 8 rings (SSSR count). The predicted octanol–water partition coefficient (Wildman–Crippen LogP) is 6.14. The Morgan fingerprint density at radius 1 is 0.907 bits per heavy atom. The fraction of sp³-hybridized carbons (Fsp3) is 0.316. The van der Waals surface area contributed by atoms with Crippen LogP contribution in [0.4, 0.5) is 0 Å². The topological polar surface area (TPSA) is 67.4 Å². The minimum atomic E-state index is -0.785. The Hall–Kier alpha value is -4.22. The van der Waals surface area contributed by atoms with Gasteiger partial charge in [-0.05, 0) is 48.1 Å². The van der Waals surface area contributed by atoms with E-state index in [1.807, 2.05) is 55.5 Å². The lowest BCUT2D eigenvalue weighted by Gasteiger charge is -2.61. The fourth-order valence-electron chi connectivity index (χ4n) is 8.79. The molecule has 1 saturated carbocycles. The van der Waals surface area contributed by atoms with Crippen LogP contribution in [-0.4, -0.2) is 31.4 Å². The number of Topliss-reactive ketones (excluding diaryl/α,β-unsaturated/α-hetero) is 1. The Bertz CT molecular complexity index is 1650. The summed E-state index contributed by atoms with van der Waals surface area (Å²) in [6, 6.07) is 36.5. The van der Waals surface area contributed by atoms with Crippen LogP contribution in [0, 0.1) is 11.3 Å². The second kappa shape index (κ2) is 10.8. The van der Waals surface area contributed by atoms with Crippen molar-refractivity contribution in [2.24, 2.45) is 11.3 Å². The van der Waals surface area contributed by atoms with Crippen LogP contribution >= 0.6 is 0 Å². The number of ketones is 1. The van der Waals surface area contributed by atoms with E-state index in [0.717, 1.165) is 24.0 Å². The molecule has 0 aromatic heterocycles. The summed E-state index contributed by atoms with van der Waals surface area (Å²) in [6.07, 6.45) is 2.03. The molecule has 2 bridgehead atoms. The van der Waals surface area contributed by atoms with Crippen LogP contribution in [0.2, 0.25) is 0 Å². The van der Waals surface area contributed by atoms with Crippen LogP contribution in [-0.2, 0) is 21.4 Å². The molecule has 5 heteroatoms. The van der Waals surface area contributed by atoms with Crippen molar-refractivity contribution in [3.63, 3.8) is 0 Å². The average Bonchev–Trinajstić information content (AvgIpc) is 3.50. The molecule has 5 nitrogen and oxygen atoms in total. The van der Waals surface area contributed by atoms with Crippen molar-refractivity contribution in [2.75, 3.05) is 13.7 Å². The third kappa shape index (κ3) is 4.16. The van der Waals surface area contributed by atoms with Gasteiger partial charge in [-0.1, -0.05) is 103 Å². The number of amides is 1. The number of ether oxygens (including phenoxy) is 1. The van der Waals surface area contributed by atoms with E-state index in [4.69, 9.17) is 4.74 Å². The number of hydrogen-bond acceptors (Lipinski definition) is 4. The summed E-state index contributed by atoms with van der Waals surface area (Å²) >= 11 is 0. The summed E-state index contributed by atoms with van der Waals surface area (Å²) in [4.78, 5) is 29.4. The van der Waals surface area contributed by atoms with Crippen molar-refractivity contribution >= 4 is 11.7 Å². The van der Waals surface area contributed by atoms with Crippen molar-refractivity contribution in [1.82, 2.24) is 10.6 Å². The van der Waals surface area contributed by atoms with Crippen LogP contribution in [0.3, 0.4) is 0 Å². The number of benzene rings is 4. The van der Waals surface area contributed by atoms with E-state index >= 15 is 0 Å². The van der Waals surface area contributed by atoms with Crippen molar-refractivity contribution < 1.29 is 14.3 Å². The van der Waals surface area contributed by atoms with Gasteiger partial charge >= 0.3 is 0 Å². The van der Waals surface area contributed by atoms with Crippen molar-refractivity contribution in [2.45, 2.75) is 49.6 Å². The van der Waals surface area contributed by atoms with Gasteiger partial charge in [0.05, 0.1) is 24.6 Å². The lowest BCUT2D eigenvalue weighted by molar-refractivity contribution is -0.141. The monoisotopic (exact) mass is 570 g/mol. The molecule has 1 heterocycles. The summed E-state index contributed by atoms with van der Waals surface area (Å²) in [6.45, 7) is 2.51. The molecule has 43 heavy (non-hydrogen) atoms. The van der Waals surface area contributed by atoms with Crippen molar-refractivity contribution in [3.8, 4) is 5.75 Å². The standard InChI is InChI=1S/C38H38N2O3/c1-25(26-13-5-3-6-14-26)40-36(42)38-24-39-34(32(41)23-27-15-9-12-20-33(27)43-2)35(38)37(28-16-7-4-8-17-28)22-21-31(38)29-18-10-11-19-30(29)37/h3-20,25,31,34-35,39H,21-24H2,1-2H3,(H,40,42)/t25-,31-,34?,35+,37-,38+/m1/s1. The average molecular weight is 571 g/mol. The van der Waals surface area contributed by atoms with Crippen LogP contribution in [0.5, 0.6) is 5.75 Å². The first-order chi connectivity index (χ1) is 21.0. The van der Waals surface area contributed by atoms with Crippen molar-refractivity contribution in [3.05, 3.63) is 137 Å². The Kier molecular flexibility index (Phi) is 6.94. The first-order valence-electron chi connectivity index (χ1n) is 15.4. The third-order valence-electron chi connectivity index (χ3n) is 10.6. The van der Waals surface area contributed by atoms with Crippen LogP contribution in [0.1, 0.15) is 59.5 Å². The highest BCUT2D eigenvalue weighted by Gasteiger charge is 2.72. The minimum absolute atomic E-state index is 0.0128. The van der Waals surface area contributed by atoms with Gasteiger partial charge in [-0.3, -0.25) is 9.59 Å². The third-order valence-corrected chi connectivity index (χ3v) is 10.6. The molecular weight excluding hydrogens is 532 g/mol. The second-order valence-electron chi connectivity index (χ2n) is 12.5. The van der Waals surface area contributed by atoms with Gasteiger partial charge in [0.15, 0.2) is 5.78 Å². The minimum Gasteiger partial charge on any atom is -0.496 e. The van der Waals surface area contributed by atoms with Crippen molar-refractivity contribution in [1.29, 1.82) is 0 Å². The number of fused-ring (bicyclic) bond motifs is 1. The van der Waals surface area contributed by atoms with Gasteiger partial charge in [-0.25, -0.2) is 0 Å². The van der Waals surface area contributed by atoms with E-state index in [1.54, 1.807) is 7.11 Å². The highest BCUT2D eigenvalue weighted by Crippen LogP contribution is 2.69.